The fourth-order valence-electron chi connectivity index (χ4n) is 3.13. The van der Waals surface area contributed by atoms with Crippen molar-refractivity contribution in [3.8, 4) is 5.75 Å². The molecule has 3 heteroatoms. The first-order valence-corrected chi connectivity index (χ1v) is 7.32. The summed E-state index contributed by atoms with van der Waals surface area (Å²) in [6, 6.07) is 4.50. The maximum Gasteiger partial charge on any atom is 0.123 e. The SMILES string of the molecule is CC(N[C@H](C)C1CCCCC1)c1cc(F)ccc1O. The molecule has 1 aromatic rings. The van der Waals surface area contributed by atoms with Crippen LogP contribution in [0.2, 0.25) is 0 Å². The zero-order valence-corrected chi connectivity index (χ0v) is 11.8. The Morgan fingerprint density at radius 1 is 1.21 bits per heavy atom. The Hall–Kier alpha value is -1.09. The van der Waals surface area contributed by atoms with E-state index in [9.17, 15) is 9.50 Å². The lowest BCUT2D eigenvalue weighted by atomic mass is 9.84. The Morgan fingerprint density at radius 2 is 1.89 bits per heavy atom. The summed E-state index contributed by atoms with van der Waals surface area (Å²) in [5, 5.41) is 13.3. The molecule has 0 spiro atoms. The highest BCUT2D eigenvalue weighted by atomic mass is 19.1. The van der Waals surface area contributed by atoms with Gasteiger partial charge in [0.2, 0.25) is 0 Å². The summed E-state index contributed by atoms with van der Waals surface area (Å²) < 4.78 is 13.3. The summed E-state index contributed by atoms with van der Waals surface area (Å²) in [5.74, 6) is 0.566. The number of rotatable bonds is 4. The van der Waals surface area contributed by atoms with E-state index in [1.165, 1.54) is 50.3 Å². The normalized spacial score (nSPS) is 20.2. The topological polar surface area (TPSA) is 32.3 Å². The molecule has 0 aromatic heterocycles. The zero-order chi connectivity index (χ0) is 13.8. The Bertz CT molecular complexity index is 415. The predicted molar refractivity (Wildman–Crippen MR) is 75.7 cm³/mol. The summed E-state index contributed by atoms with van der Waals surface area (Å²) in [6.07, 6.45) is 6.53. The summed E-state index contributed by atoms with van der Waals surface area (Å²) >= 11 is 0. The number of nitrogens with one attached hydrogen (secondary N) is 1. The lowest BCUT2D eigenvalue weighted by molar-refractivity contribution is 0.267. The minimum absolute atomic E-state index is 0.0346. The van der Waals surface area contributed by atoms with E-state index in [4.69, 9.17) is 0 Å². The molecule has 0 saturated heterocycles. The van der Waals surface area contributed by atoms with Gasteiger partial charge >= 0.3 is 0 Å². The summed E-state index contributed by atoms with van der Waals surface area (Å²) in [4.78, 5) is 0. The number of phenolic OH excluding ortho intramolecular Hbond substituents is 1. The van der Waals surface area contributed by atoms with Crippen molar-refractivity contribution in [1.29, 1.82) is 0 Å². The van der Waals surface area contributed by atoms with Crippen molar-refractivity contribution in [2.75, 3.05) is 0 Å². The first kappa shape index (κ1) is 14.3. The van der Waals surface area contributed by atoms with Crippen LogP contribution >= 0.6 is 0 Å². The molecule has 0 amide bonds. The largest absolute Gasteiger partial charge is 0.508 e. The van der Waals surface area contributed by atoms with Gasteiger partial charge in [0.15, 0.2) is 0 Å². The Morgan fingerprint density at radius 3 is 2.58 bits per heavy atom. The van der Waals surface area contributed by atoms with Crippen molar-refractivity contribution < 1.29 is 9.50 Å². The third kappa shape index (κ3) is 3.69. The van der Waals surface area contributed by atoms with Gasteiger partial charge in [0.05, 0.1) is 0 Å². The highest BCUT2D eigenvalue weighted by Crippen LogP contribution is 2.29. The molecule has 1 fully saturated rings. The summed E-state index contributed by atoms with van der Waals surface area (Å²) in [6.45, 7) is 4.18. The Labute approximate surface area is 115 Å². The predicted octanol–water partition coefficient (Wildman–Crippen LogP) is 4.15. The van der Waals surface area contributed by atoms with Crippen LogP contribution in [0.25, 0.3) is 0 Å². The number of halogens is 1. The maximum atomic E-state index is 13.3. The summed E-state index contributed by atoms with van der Waals surface area (Å²) in [5.41, 5.74) is 0.641. The number of phenols is 1. The van der Waals surface area contributed by atoms with Crippen molar-refractivity contribution in [3.63, 3.8) is 0 Å². The second kappa shape index (κ2) is 6.38. The number of benzene rings is 1. The highest BCUT2D eigenvalue weighted by molar-refractivity contribution is 5.34. The standard InChI is InChI=1S/C16H24FNO/c1-11(13-6-4-3-5-7-13)18-12(2)15-10-14(17)8-9-16(15)19/h8-13,18-19H,3-7H2,1-2H3/t11-,12?/m1/s1. The average molecular weight is 265 g/mol. The maximum absolute atomic E-state index is 13.3. The molecule has 0 aliphatic heterocycles. The molecule has 1 aliphatic carbocycles. The van der Waals surface area contributed by atoms with E-state index >= 15 is 0 Å². The molecule has 1 unspecified atom stereocenters. The molecule has 1 aromatic carbocycles. The fraction of sp³-hybridized carbons (Fsp3) is 0.625. The van der Waals surface area contributed by atoms with Crippen molar-refractivity contribution in [1.82, 2.24) is 5.32 Å². The van der Waals surface area contributed by atoms with Crippen LogP contribution < -0.4 is 5.32 Å². The smallest absolute Gasteiger partial charge is 0.123 e. The van der Waals surface area contributed by atoms with Crippen LogP contribution in [0.1, 0.15) is 57.6 Å². The molecule has 1 saturated carbocycles. The minimum Gasteiger partial charge on any atom is -0.508 e. The number of hydrogen-bond donors (Lipinski definition) is 2. The van der Waals surface area contributed by atoms with Gasteiger partial charge in [0.1, 0.15) is 11.6 Å². The molecular weight excluding hydrogens is 241 g/mol. The molecule has 2 nitrogen and oxygen atoms in total. The Kier molecular flexibility index (Phi) is 4.81. The van der Waals surface area contributed by atoms with E-state index in [0.717, 1.165) is 0 Å². The van der Waals surface area contributed by atoms with Crippen molar-refractivity contribution in [2.24, 2.45) is 5.92 Å². The van der Waals surface area contributed by atoms with Gasteiger partial charge in [-0.2, -0.15) is 0 Å². The van der Waals surface area contributed by atoms with Crippen molar-refractivity contribution in [3.05, 3.63) is 29.6 Å². The van der Waals surface area contributed by atoms with E-state index in [0.29, 0.717) is 17.5 Å². The van der Waals surface area contributed by atoms with E-state index in [1.54, 1.807) is 0 Å². The molecule has 19 heavy (non-hydrogen) atoms. The monoisotopic (exact) mass is 265 g/mol. The van der Waals surface area contributed by atoms with Gasteiger partial charge in [-0.25, -0.2) is 4.39 Å². The highest BCUT2D eigenvalue weighted by Gasteiger charge is 2.22. The summed E-state index contributed by atoms with van der Waals surface area (Å²) in [7, 11) is 0. The second-order valence-corrected chi connectivity index (χ2v) is 5.78. The number of aromatic hydroxyl groups is 1. The van der Waals surface area contributed by atoms with Gasteiger partial charge < -0.3 is 10.4 Å². The molecule has 2 atom stereocenters. The molecule has 0 heterocycles. The zero-order valence-electron chi connectivity index (χ0n) is 11.8. The lowest BCUT2D eigenvalue weighted by Gasteiger charge is -2.31. The van der Waals surface area contributed by atoms with Crippen LogP contribution in [0.3, 0.4) is 0 Å². The van der Waals surface area contributed by atoms with Crippen LogP contribution in [-0.2, 0) is 0 Å². The lowest BCUT2D eigenvalue weighted by Crippen LogP contribution is -2.36. The Balaban J connectivity index is 1.99. The first-order chi connectivity index (χ1) is 9.08. The van der Waals surface area contributed by atoms with E-state index < -0.39 is 0 Å². The van der Waals surface area contributed by atoms with Crippen LogP contribution in [0.4, 0.5) is 4.39 Å². The molecule has 106 valence electrons. The number of hydrogen-bond acceptors (Lipinski definition) is 2. The molecule has 0 bridgehead atoms. The van der Waals surface area contributed by atoms with Gasteiger partial charge in [-0.1, -0.05) is 19.3 Å². The third-order valence-corrected chi connectivity index (χ3v) is 4.33. The average Bonchev–Trinajstić information content (AvgIpc) is 2.42. The van der Waals surface area contributed by atoms with E-state index in [2.05, 4.69) is 12.2 Å². The van der Waals surface area contributed by atoms with Crippen LogP contribution in [0, 0.1) is 11.7 Å². The molecule has 2 N–H and O–H groups in total. The van der Waals surface area contributed by atoms with E-state index in [1.807, 2.05) is 6.92 Å². The van der Waals surface area contributed by atoms with E-state index in [-0.39, 0.29) is 17.6 Å². The molecular formula is C16H24FNO. The van der Waals surface area contributed by atoms with Crippen LogP contribution in [0.5, 0.6) is 5.75 Å². The van der Waals surface area contributed by atoms with Gasteiger partial charge in [-0.05, 0) is 50.8 Å². The van der Waals surface area contributed by atoms with Gasteiger partial charge in [-0.3, -0.25) is 0 Å². The molecule has 0 radical (unpaired) electrons. The minimum atomic E-state index is -0.299. The van der Waals surface area contributed by atoms with Gasteiger partial charge in [0.25, 0.3) is 0 Å². The first-order valence-electron chi connectivity index (χ1n) is 7.32. The second-order valence-electron chi connectivity index (χ2n) is 5.78. The van der Waals surface area contributed by atoms with Crippen LogP contribution in [-0.4, -0.2) is 11.1 Å². The third-order valence-electron chi connectivity index (χ3n) is 4.33. The fourth-order valence-corrected chi connectivity index (χ4v) is 3.13. The quantitative estimate of drug-likeness (QED) is 0.857. The van der Waals surface area contributed by atoms with Crippen molar-refractivity contribution in [2.45, 2.75) is 58.0 Å². The van der Waals surface area contributed by atoms with Crippen molar-refractivity contribution >= 4 is 0 Å². The molecule has 2 rings (SSSR count). The van der Waals surface area contributed by atoms with Gasteiger partial charge in [0, 0.05) is 17.6 Å². The van der Waals surface area contributed by atoms with Crippen LogP contribution in [0.15, 0.2) is 18.2 Å². The molecule has 1 aliphatic rings. The van der Waals surface area contributed by atoms with Gasteiger partial charge in [-0.15, -0.1) is 0 Å².